The largest absolute Gasteiger partial charge is 0.416 e. The van der Waals surface area contributed by atoms with Gasteiger partial charge in [0.15, 0.2) is 5.78 Å². The van der Waals surface area contributed by atoms with Gasteiger partial charge < -0.3 is 4.42 Å². The fourth-order valence-electron chi connectivity index (χ4n) is 2.51. The van der Waals surface area contributed by atoms with E-state index in [-0.39, 0.29) is 17.0 Å². The van der Waals surface area contributed by atoms with Crippen LogP contribution in [0.4, 0.5) is 0 Å². The molecule has 0 spiro atoms. The second-order valence-electron chi connectivity index (χ2n) is 7.16. The topological polar surface area (TPSA) is 56.0 Å². The average Bonchev–Trinajstić information content (AvgIpc) is 3.07. The number of carbonyl (C=O) groups is 1. The van der Waals surface area contributed by atoms with Gasteiger partial charge in [-0.15, -0.1) is 10.2 Å². The SMILES string of the molecule is CC(C)(C)c1ccc(C(=O)CSc2nnc(Cc3ccccc3)o2)cc1. The number of Topliss-reactive ketones (excluding diaryl/α,β-unsaturated/α-hetero) is 1. The first-order chi connectivity index (χ1) is 12.4. The van der Waals surface area contributed by atoms with Crippen LogP contribution in [0.2, 0.25) is 0 Å². The first-order valence-electron chi connectivity index (χ1n) is 8.55. The minimum Gasteiger partial charge on any atom is -0.416 e. The summed E-state index contributed by atoms with van der Waals surface area (Å²) in [6.07, 6.45) is 0.594. The molecule has 0 radical (unpaired) electrons. The van der Waals surface area contributed by atoms with Crippen molar-refractivity contribution in [1.82, 2.24) is 10.2 Å². The average molecular weight is 366 g/mol. The van der Waals surface area contributed by atoms with E-state index in [4.69, 9.17) is 4.42 Å². The summed E-state index contributed by atoms with van der Waals surface area (Å²) < 4.78 is 5.63. The lowest BCUT2D eigenvalue weighted by atomic mass is 9.86. The monoisotopic (exact) mass is 366 g/mol. The summed E-state index contributed by atoms with van der Waals surface area (Å²) in [5, 5.41) is 8.50. The molecule has 5 heteroatoms. The molecule has 0 unspecified atom stereocenters. The summed E-state index contributed by atoms with van der Waals surface area (Å²) in [7, 11) is 0. The van der Waals surface area contributed by atoms with E-state index in [1.54, 1.807) is 0 Å². The molecule has 4 nitrogen and oxygen atoms in total. The van der Waals surface area contributed by atoms with Crippen LogP contribution in [0.25, 0.3) is 0 Å². The van der Waals surface area contributed by atoms with Gasteiger partial charge in [-0.1, -0.05) is 87.1 Å². The number of nitrogens with zero attached hydrogens (tertiary/aromatic N) is 2. The summed E-state index contributed by atoms with van der Waals surface area (Å²) in [4.78, 5) is 12.4. The number of benzene rings is 2. The highest BCUT2D eigenvalue weighted by Gasteiger charge is 2.15. The Morgan fingerprint density at radius 1 is 1.00 bits per heavy atom. The van der Waals surface area contributed by atoms with E-state index >= 15 is 0 Å². The molecule has 26 heavy (non-hydrogen) atoms. The Morgan fingerprint density at radius 2 is 1.69 bits per heavy atom. The second kappa shape index (κ2) is 7.87. The molecule has 0 aliphatic heterocycles. The van der Waals surface area contributed by atoms with Crippen molar-refractivity contribution in [3.63, 3.8) is 0 Å². The van der Waals surface area contributed by atoms with Gasteiger partial charge in [0, 0.05) is 5.56 Å². The van der Waals surface area contributed by atoms with Gasteiger partial charge in [0.25, 0.3) is 5.22 Å². The van der Waals surface area contributed by atoms with Crippen molar-refractivity contribution in [3.8, 4) is 0 Å². The Labute approximate surface area is 158 Å². The van der Waals surface area contributed by atoms with Crippen molar-refractivity contribution in [1.29, 1.82) is 0 Å². The fraction of sp³-hybridized carbons (Fsp3) is 0.286. The van der Waals surface area contributed by atoms with Crippen molar-refractivity contribution < 1.29 is 9.21 Å². The predicted molar refractivity (Wildman–Crippen MR) is 104 cm³/mol. The molecule has 0 amide bonds. The molecule has 3 aromatic rings. The van der Waals surface area contributed by atoms with E-state index in [0.717, 1.165) is 5.56 Å². The maximum atomic E-state index is 12.4. The van der Waals surface area contributed by atoms with Crippen LogP contribution in [0.15, 0.2) is 64.2 Å². The van der Waals surface area contributed by atoms with Crippen LogP contribution in [0.1, 0.15) is 48.1 Å². The second-order valence-corrected chi connectivity index (χ2v) is 8.09. The summed E-state index contributed by atoms with van der Waals surface area (Å²) in [6, 6.07) is 17.8. The van der Waals surface area contributed by atoms with Gasteiger partial charge in [-0.2, -0.15) is 0 Å². The van der Waals surface area contributed by atoms with Crippen molar-refractivity contribution in [2.24, 2.45) is 0 Å². The highest BCUT2D eigenvalue weighted by molar-refractivity contribution is 7.99. The van der Waals surface area contributed by atoms with E-state index in [1.165, 1.54) is 17.3 Å². The lowest BCUT2D eigenvalue weighted by Crippen LogP contribution is -2.11. The van der Waals surface area contributed by atoms with Crippen molar-refractivity contribution in [3.05, 3.63) is 77.2 Å². The molecular weight excluding hydrogens is 344 g/mol. The number of ketones is 1. The van der Waals surface area contributed by atoms with Crippen molar-refractivity contribution in [2.45, 2.75) is 37.8 Å². The predicted octanol–water partition coefficient (Wildman–Crippen LogP) is 4.93. The van der Waals surface area contributed by atoms with Gasteiger partial charge >= 0.3 is 0 Å². The molecule has 0 bridgehead atoms. The Balaban J connectivity index is 1.56. The lowest BCUT2D eigenvalue weighted by molar-refractivity contribution is 0.102. The van der Waals surface area contributed by atoms with Crippen LogP contribution in [0.5, 0.6) is 0 Å². The number of hydrogen-bond donors (Lipinski definition) is 0. The molecule has 2 aromatic carbocycles. The molecule has 0 atom stereocenters. The maximum absolute atomic E-state index is 12.4. The summed E-state index contributed by atoms with van der Waals surface area (Å²) >= 11 is 1.27. The summed E-state index contributed by atoms with van der Waals surface area (Å²) in [6.45, 7) is 6.47. The van der Waals surface area contributed by atoms with Crippen molar-refractivity contribution in [2.75, 3.05) is 5.75 Å². The zero-order chi connectivity index (χ0) is 18.6. The molecule has 0 saturated carbocycles. The van der Waals surface area contributed by atoms with Crippen LogP contribution in [0.3, 0.4) is 0 Å². The Morgan fingerprint density at radius 3 is 2.35 bits per heavy atom. The van der Waals surface area contributed by atoms with Gasteiger partial charge in [-0.25, -0.2) is 0 Å². The zero-order valence-corrected chi connectivity index (χ0v) is 16.0. The summed E-state index contributed by atoms with van der Waals surface area (Å²) in [5.74, 6) is 0.890. The number of hydrogen-bond acceptors (Lipinski definition) is 5. The molecule has 0 aliphatic rings. The Kier molecular flexibility index (Phi) is 5.57. The van der Waals surface area contributed by atoms with Gasteiger partial charge in [-0.05, 0) is 16.5 Å². The fourth-order valence-corrected chi connectivity index (χ4v) is 3.18. The van der Waals surface area contributed by atoms with E-state index in [1.807, 2.05) is 54.6 Å². The van der Waals surface area contributed by atoms with E-state index in [0.29, 0.717) is 23.1 Å². The standard InChI is InChI=1S/C21H22N2O2S/c1-21(2,3)17-11-9-16(10-12-17)18(24)14-26-20-23-22-19(25-20)13-15-7-5-4-6-8-15/h4-12H,13-14H2,1-3H3. The molecule has 1 aromatic heterocycles. The quantitative estimate of drug-likeness (QED) is 0.457. The maximum Gasteiger partial charge on any atom is 0.277 e. The molecule has 1 heterocycles. The highest BCUT2D eigenvalue weighted by atomic mass is 32.2. The smallest absolute Gasteiger partial charge is 0.277 e. The van der Waals surface area contributed by atoms with Crippen LogP contribution < -0.4 is 0 Å². The third-order valence-electron chi connectivity index (χ3n) is 4.05. The van der Waals surface area contributed by atoms with E-state index < -0.39 is 0 Å². The number of aromatic nitrogens is 2. The lowest BCUT2D eigenvalue weighted by Gasteiger charge is -2.18. The van der Waals surface area contributed by atoms with Gasteiger partial charge in [-0.3, -0.25) is 4.79 Å². The van der Waals surface area contributed by atoms with Crippen LogP contribution >= 0.6 is 11.8 Å². The zero-order valence-electron chi connectivity index (χ0n) is 15.2. The molecule has 3 rings (SSSR count). The normalized spacial score (nSPS) is 11.5. The van der Waals surface area contributed by atoms with Gasteiger partial charge in [0.2, 0.25) is 5.89 Å². The van der Waals surface area contributed by atoms with Crippen LogP contribution in [0, 0.1) is 0 Å². The van der Waals surface area contributed by atoms with E-state index in [2.05, 4.69) is 31.0 Å². The Hall–Kier alpha value is -2.40. The first-order valence-corrected chi connectivity index (χ1v) is 9.53. The minimum atomic E-state index is 0.0540. The third kappa shape index (κ3) is 4.82. The number of rotatable bonds is 6. The van der Waals surface area contributed by atoms with Crippen LogP contribution in [-0.4, -0.2) is 21.7 Å². The van der Waals surface area contributed by atoms with Gasteiger partial charge in [0.1, 0.15) is 0 Å². The third-order valence-corrected chi connectivity index (χ3v) is 4.86. The minimum absolute atomic E-state index is 0.0540. The Bertz CT molecular complexity index is 865. The summed E-state index contributed by atoms with van der Waals surface area (Å²) in [5.41, 5.74) is 3.11. The highest BCUT2D eigenvalue weighted by Crippen LogP contribution is 2.23. The first kappa shape index (κ1) is 18.4. The van der Waals surface area contributed by atoms with E-state index in [9.17, 15) is 4.79 Å². The molecular formula is C21H22N2O2S. The molecule has 0 fully saturated rings. The van der Waals surface area contributed by atoms with Gasteiger partial charge in [0.05, 0.1) is 12.2 Å². The van der Waals surface area contributed by atoms with Crippen molar-refractivity contribution >= 4 is 17.5 Å². The molecule has 0 saturated heterocycles. The van der Waals surface area contributed by atoms with Crippen LogP contribution in [-0.2, 0) is 11.8 Å². The molecule has 0 N–H and O–H groups in total. The molecule has 0 aliphatic carbocycles. The number of carbonyl (C=O) groups excluding carboxylic acids is 1. The number of thioether (sulfide) groups is 1. The molecule has 134 valence electrons.